The zero-order chi connectivity index (χ0) is 8.85. The van der Waals surface area contributed by atoms with Gasteiger partial charge in [0.15, 0.2) is 0 Å². The maximum atomic E-state index is 10.3. The van der Waals surface area contributed by atoms with Gasteiger partial charge in [-0.25, -0.2) is 0 Å². The summed E-state index contributed by atoms with van der Waals surface area (Å²) < 4.78 is 0. The topological polar surface area (TPSA) is 89.3 Å². The minimum atomic E-state index is -0.990. The van der Waals surface area contributed by atoms with E-state index in [0.29, 0.717) is 0 Å². The highest BCUT2D eigenvalue weighted by Gasteiger charge is 2.18. The fraction of sp³-hybridized carbons (Fsp3) is 0.500. The quantitative estimate of drug-likeness (QED) is 0.559. The number of carbonyl (C=O) groups is 1. The molecule has 64 valence electrons. The maximum Gasteiger partial charge on any atom is 0.321 e. The average Bonchev–Trinajstić information content (AvgIpc) is 1.98. The fourth-order valence-corrected chi connectivity index (χ4v) is 1.08. The van der Waals surface area contributed by atoms with Gasteiger partial charge in [-0.05, 0) is 5.41 Å². The van der Waals surface area contributed by atoms with Crippen LogP contribution in [0, 0.1) is 0 Å². The Balaban J connectivity index is 3.82. The number of rotatable bonds is 4. The average molecular weight is 176 g/mol. The monoisotopic (exact) mass is 176 g/mol. The molecular weight excluding hydrogens is 164 g/mol. The number of nitrogens with two attached hydrogens (primary N) is 2. The molecule has 0 saturated carbocycles. The molecule has 0 aromatic heterocycles. The van der Waals surface area contributed by atoms with E-state index in [4.69, 9.17) is 16.6 Å². The number of hydrogen-bond acceptors (Lipinski definition) is 4. The highest BCUT2D eigenvalue weighted by Crippen LogP contribution is 2.13. The summed E-state index contributed by atoms with van der Waals surface area (Å²) in [6.07, 6.45) is 1.36. The van der Waals surface area contributed by atoms with E-state index in [0.717, 1.165) is 0 Å². The second kappa shape index (κ2) is 5.03. The summed E-state index contributed by atoms with van der Waals surface area (Å²) in [5, 5.41) is 9.92. The molecule has 0 aromatic rings. The van der Waals surface area contributed by atoms with Gasteiger partial charge >= 0.3 is 5.97 Å². The molecule has 0 amide bonds. The lowest BCUT2D eigenvalue weighted by Gasteiger charge is -2.12. The van der Waals surface area contributed by atoms with Crippen LogP contribution in [-0.2, 0) is 4.79 Å². The van der Waals surface area contributed by atoms with Crippen molar-refractivity contribution in [2.75, 3.05) is 0 Å². The van der Waals surface area contributed by atoms with Crippen LogP contribution in [0.15, 0.2) is 11.6 Å². The Bertz CT molecular complexity index is 161. The summed E-state index contributed by atoms with van der Waals surface area (Å²) in [7, 11) is 0. The van der Waals surface area contributed by atoms with Crippen LogP contribution in [0.4, 0.5) is 0 Å². The van der Waals surface area contributed by atoms with Gasteiger partial charge in [-0.3, -0.25) is 4.79 Å². The Hall–Kier alpha value is -0.680. The van der Waals surface area contributed by atoms with Crippen molar-refractivity contribution in [1.82, 2.24) is 0 Å². The fourth-order valence-electron chi connectivity index (χ4n) is 0.455. The van der Waals surface area contributed by atoms with Crippen LogP contribution in [0.2, 0.25) is 0 Å². The molecule has 0 aliphatic rings. The molecular formula is C6H12N2O2S. The van der Waals surface area contributed by atoms with Gasteiger partial charge < -0.3 is 16.6 Å². The molecule has 0 aliphatic carbocycles. The second-order valence-electron chi connectivity index (χ2n) is 2.03. The van der Waals surface area contributed by atoms with Gasteiger partial charge in [0.2, 0.25) is 0 Å². The molecule has 0 radical (unpaired) electrons. The van der Waals surface area contributed by atoms with Crippen LogP contribution >= 0.6 is 11.8 Å². The highest BCUT2D eigenvalue weighted by atomic mass is 32.2. The number of carboxylic acid groups (broad SMARTS) is 1. The van der Waals surface area contributed by atoms with Crippen molar-refractivity contribution in [3.05, 3.63) is 11.6 Å². The van der Waals surface area contributed by atoms with Crippen LogP contribution in [0.25, 0.3) is 0 Å². The first-order valence-corrected chi connectivity index (χ1v) is 4.04. The SMILES string of the molecule is C[C@H](SC=CN)[C@@H](N)C(=O)O. The van der Waals surface area contributed by atoms with Crippen molar-refractivity contribution in [3.63, 3.8) is 0 Å². The molecule has 11 heavy (non-hydrogen) atoms. The van der Waals surface area contributed by atoms with Crippen molar-refractivity contribution in [3.8, 4) is 0 Å². The van der Waals surface area contributed by atoms with E-state index in [9.17, 15) is 4.79 Å². The molecule has 0 unspecified atom stereocenters. The van der Waals surface area contributed by atoms with Crippen LogP contribution in [0.3, 0.4) is 0 Å². The zero-order valence-corrected chi connectivity index (χ0v) is 7.04. The summed E-state index contributed by atoms with van der Waals surface area (Å²) in [6.45, 7) is 1.74. The molecule has 2 atom stereocenters. The lowest BCUT2D eigenvalue weighted by molar-refractivity contribution is -0.138. The van der Waals surface area contributed by atoms with E-state index < -0.39 is 12.0 Å². The first-order chi connectivity index (χ1) is 5.09. The van der Waals surface area contributed by atoms with Crippen LogP contribution in [0.1, 0.15) is 6.92 Å². The molecule has 4 nitrogen and oxygen atoms in total. The minimum absolute atomic E-state index is 0.160. The summed E-state index contributed by atoms with van der Waals surface area (Å²) >= 11 is 1.30. The number of aliphatic carboxylic acids is 1. The third-order valence-corrected chi connectivity index (χ3v) is 2.20. The van der Waals surface area contributed by atoms with Crippen molar-refractivity contribution in [1.29, 1.82) is 0 Å². The molecule has 0 heterocycles. The van der Waals surface area contributed by atoms with Crippen molar-refractivity contribution in [2.45, 2.75) is 18.2 Å². The van der Waals surface area contributed by atoms with Crippen LogP contribution < -0.4 is 11.5 Å². The van der Waals surface area contributed by atoms with E-state index in [1.807, 2.05) is 0 Å². The Kier molecular flexibility index (Phi) is 4.72. The van der Waals surface area contributed by atoms with E-state index in [1.54, 1.807) is 12.3 Å². The third kappa shape index (κ3) is 3.90. The summed E-state index contributed by atoms with van der Waals surface area (Å²) in [4.78, 5) is 10.3. The first-order valence-electron chi connectivity index (χ1n) is 3.10. The summed E-state index contributed by atoms with van der Waals surface area (Å²) in [6, 6.07) is -0.837. The number of thioether (sulfide) groups is 1. The number of hydrogen-bond donors (Lipinski definition) is 3. The normalized spacial score (nSPS) is 16.5. The largest absolute Gasteiger partial charge is 0.480 e. The first kappa shape index (κ1) is 10.3. The van der Waals surface area contributed by atoms with Gasteiger partial charge in [-0.15, -0.1) is 11.8 Å². The predicted molar refractivity (Wildman–Crippen MR) is 46.0 cm³/mol. The summed E-state index contributed by atoms with van der Waals surface area (Å²) in [5.41, 5.74) is 10.4. The van der Waals surface area contributed by atoms with Gasteiger partial charge in [0.05, 0.1) is 0 Å². The van der Waals surface area contributed by atoms with E-state index >= 15 is 0 Å². The van der Waals surface area contributed by atoms with Gasteiger partial charge in [0.25, 0.3) is 0 Å². The molecule has 0 rings (SSSR count). The highest BCUT2D eigenvalue weighted by molar-refractivity contribution is 8.02. The summed E-state index contributed by atoms with van der Waals surface area (Å²) in [5.74, 6) is -0.990. The van der Waals surface area contributed by atoms with E-state index in [1.165, 1.54) is 18.0 Å². The van der Waals surface area contributed by atoms with Crippen LogP contribution in [0.5, 0.6) is 0 Å². The second-order valence-corrected chi connectivity index (χ2v) is 3.32. The lowest BCUT2D eigenvalue weighted by atomic mass is 10.2. The molecule has 0 aromatic carbocycles. The van der Waals surface area contributed by atoms with E-state index in [2.05, 4.69) is 0 Å². The molecule has 5 heteroatoms. The molecule has 0 spiro atoms. The third-order valence-electron chi connectivity index (χ3n) is 1.16. The standard InChI is InChI=1S/C6H12N2O2S/c1-4(11-3-2-7)5(8)6(9)10/h2-5H,7-8H2,1H3,(H,9,10)/t4-,5+/m0/s1. The van der Waals surface area contributed by atoms with Gasteiger partial charge in [-0.2, -0.15) is 0 Å². The predicted octanol–water partition coefficient (Wildman–Crippen LogP) is -0.0501. The molecule has 5 N–H and O–H groups in total. The maximum absolute atomic E-state index is 10.3. The lowest BCUT2D eigenvalue weighted by Crippen LogP contribution is -2.38. The van der Waals surface area contributed by atoms with Crippen molar-refractivity contribution in [2.24, 2.45) is 11.5 Å². The minimum Gasteiger partial charge on any atom is -0.480 e. The van der Waals surface area contributed by atoms with Crippen molar-refractivity contribution < 1.29 is 9.90 Å². The van der Waals surface area contributed by atoms with Crippen LogP contribution in [-0.4, -0.2) is 22.4 Å². The Labute approximate surface area is 69.6 Å². The number of carboxylic acids is 1. The Morgan fingerprint density at radius 2 is 2.27 bits per heavy atom. The Morgan fingerprint density at radius 3 is 2.64 bits per heavy atom. The molecule has 0 aliphatic heterocycles. The van der Waals surface area contributed by atoms with Gasteiger partial charge in [0, 0.05) is 11.4 Å². The Morgan fingerprint density at radius 1 is 1.73 bits per heavy atom. The van der Waals surface area contributed by atoms with Crippen molar-refractivity contribution >= 4 is 17.7 Å². The smallest absolute Gasteiger partial charge is 0.321 e. The van der Waals surface area contributed by atoms with E-state index in [-0.39, 0.29) is 5.25 Å². The van der Waals surface area contributed by atoms with Gasteiger partial charge in [0.1, 0.15) is 6.04 Å². The zero-order valence-electron chi connectivity index (χ0n) is 6.23. The molecule has 0 fully saturated rings. The molecule has 0 bridgehead atoms. The van der Waals surface area contributed by atoms with Gasteiger partial charge in [-0.1, -0.05) is 6.92 Å². The molecule has 0 saturated heterocycles.